The van der Waals surface area contributed by atoms with Gasteiger partial charge >= 0.3 is 0 Å². The van der Waals surface area contributed by atoms with E-state index in [1.54, 1.807) is 18.2 Å². The Labute approximate surface area is 84.5 Å². The van der Waals surface area contributed by atoms with Gasteiger partial charge in [-0.15, -0.1) is 6.58 Å². The molecule has 0 spiro atoms. The molecule has 14 heavy (non-hydrogen) atoms. The van der Waals surface area contributed by atoms with Gasteiger partial charge in [0.2, 0.25) is 0 Å². The predicted molar refractivity (Wildman–Crippen MR) is 56.6 cm³/mol. The zero-order valence-electron chi connectivity index (χ0n) is 8.39. The fourth-order valence-corrected chi connectivity index (χ4v) is 1.73. The molecule has 1 aromatic rings. The van der Waals surface area contributed by atoms with Gasteiger partial charge in [0.05, 0.1) is 0 Å². The van der Waals surface area contributed by atoms with E-state index in [-0.39, 0.29) is 5.82 Å². The average Bonchev–Trinajstić information content (AvgIpc) is 3.00. The number of hydrogen-bond acceptors (Lipinski definition) is 0. The quantitative estimate of drug-likeness (QED) is 0.677. The Hall–Kier alpha value is -1.11. The summed E-state index contributed by atoms with van der Waals surface area (Å²) in [6.45, 7) is 5.71. The molecule has 73 valence electrons. The van der Waals surface area contributed by atoms with Crippen LogP contribution in [0.2, 0.25) is 0 Å². The number of rotatable bonds is 3. The van der Waals surface area contributed by atoms with Crippen LogP contribution < -0.4 is 0 Å². The smallest absolute Gasteiger partial charge is 0.123 e. The van der Waals surface area contributed by atoms with Gasteiger partial charge in [-0.3, -0.25) is 0 Å². The third-order valence-corrected chi connectivity index (χ3v) is 2.76. The minimum Gasteiger partial charge on any atom is -0.207 e. The van der Waals surface area contributed by atoms with Crippen molar-refractivity contribution in [2.75, 3.05) is 0 Å². The van der Waals surface area contributed by atoms with Gasteiger partial charge in [0, 0.05) is 5.92 Å². The maximum Gasteiger partial charge on any atom is 0.123 e. The molecule has 0 aromatic heterocycles. The predicted octanol–water partition coefficient (Wildman–Crippen LogP) is 3.83. The van der Waals surface area contributed by atoms with E-state index < -0.39 is 0 Å². The van der Waals surface area contributed by atoms with Crippen molar-refractivity contribution < 1.29 is 4.39 Å². The van der Waals surface area contributed by atoms with Crippen LogP contribution in [0.4, 0.5) is 4.39 Å². The summed E-state index contributed by atoms with van der Waals surface area (Å²) in [4.78, 5) is 0. The minimum absolute atomic E-state index is 0.161. The van der Waals surface area contributed by atoms with Crippen molar-refractivity contribution in [1.82, 2.24) is 0 Å². The molecule has 0 nitrogen and oxygen atoms in total. The van der Waals surface area contributed by atoms with Gasteiger partial charge in [0.15, 0.2) is 0 Å². The summed E-state index contributed by atoms with van der Waals surface area (Å²) in [5, 5.41) is 0. The van der Waals surface area contributed by atoms with Gasteiger partial charge in [-0.2, -0.15) is 0 Å². The van der Waals surface area contributed by atoms with Crippen molar-refractivity contribution in [3.05, 3.63) is 53.7 Å². The molecule has 1 heteroatoms. The van der Waals surface area contributed by atoms with Crippen molar-refractivity contribution in [3.63, 3.8) is 0 Å². The Morgan fingerprint density at radius 2 is 2.21 bits per heavy atom. The Bertz CT molecular complexity index is 350. The fraction of sp³-hybridized carbons (Fsp3) is 0.308. The van der Waals surface area contributed by atoms with Crippen LogP contribution in [0.15, 0.2) is 30.9 Å². The summed E-state index contributed by atoms with van der Waals surface area (Å²) in [7, 11) is 0. The lowest BCUT2D eigenvalue weighted by Gasteiger charge is -2.12. The van der Waals surface area contributed by atoms with Crippen LogP contribution in [0, 0.1) is 11.7 Å². The van der Waals surface area contributed by atoms with Crippen molar-refractivity contribution in [3.8, 4) is 0 Å². The van der Waals surface area contributed by atoms with Crippen LogP contribution in [0.3, 0.4) is 0 Å². The Morgan fingerprint density at radius 1 is 1.50 bits per heavy atom. The molecule has 1 aliphatic rings. The van der Waals surface area contributed by atoms with Crippen molar-refractivity contribution >= 4 is 0 Å². The van der Waals surface area contributed by atoms with Gasteiger partial charge in [-0.1, -0.05) is 19.1 Å². The summed E-state index contributed by atoms with van der Waals surface area (Å²) in [6.07, 6.45) is 4.27. The van der Waals surface area contributed by atoms with Crippen LogP contribution in [-0.2, 0) is 0 Å². The number of halogens is 1. The molecular formula is C13H14F. The molecule has 1 aromatic carbocycles. The van der Waals surface area contributed by atoms with E-state index in [0.717, 1.165) is 11.5 Å². The van der Waals surface area contributed by atoms with Crippen LogP contribution in [0.5, 0.6) is 0 Å². The van der Waals surface area contributed by atoms with Gasteiger partial charge in [0.1, 0.15) is 5.82 Å². The second kappa shape index (κ2) is 3.56. The highest BCUT2D eigenvalue weighted by molar-refractivity contribution is 5.45. The zero-order valence-corrected chi connectivity index (χ0v) is 8.39. The third-order valence-electron chi connectivity index (χ3n) is 2.76. The topological polar surface area (TPSA) is 0 Å². The molecule has 0 N–H and O–H groups in total. The molecule has 0 saturated heterocycles. The summed E-state index contributed by atoms with van der Waals surface area (Å²) in [5.74, 6) is 1.55. The Balaban J connectivity index is 2.42. The standard InChI is InChI=1S/C13H14F/c1-3-9(2)13-8-11(14)6-7-12(13)10-4-5-10/h3,6-8,10H,1,4-5H2,2H3. The lowest BCUT2D eigenvalue weighted by molar-refractivity contribution is 0.625. The first-order valence-electron chi connectivity index (χ1n) is 4.98. The van der Waals surface area contributed by atoms with Crippen LogP contribution >= 0.6 is 0 Å². The summed E-state index contributed by atoms with van der Waals surface area (Å²) < 4.78 is 13.1. The summed E-state index contributed by atoms with van der Waals surface area (Å²) in [6, 6.07) is 5.08. The van der Waals surface area contributed by atoms with E-state index in [0.29, 0.717) is 5.92 Å². The van der Waals surface area contributed by atoms with Crippen molar-refractivity contribution in [2.24, 2.45) is 0 Å². The third kappa shape index (κ3) is 1.72. The van der Waals surface area contributed by atoms with Gasteiger partial charge in [0.25, 0.3) is 0 Å². The molecule has 0 aliphatic heterocycles. The zero-order chi connectivity index (χ0) is 10.1. The lowest BCUT2D eigenvalue weighted by atomic mass is 9.93. The molecule has 0 atom stereocenters. The van der Waals surface area contributed by atoms with Crippen molar-refractivity contribution in [1.29, 1.82) is 0 Å². The first-order chi connectivity index (χ1) is 6.72. The fourth-order valence-electron chi connectivity index (χ4n) is 1.73. The highest BCUT2D eigenvalue weighted by Crippen LogP contribution is 2.43. The van der Waals surface area contributed by atoms with Gasteiger partial charge < -0.3 is 0 Å². The van der Waals surface area contributed by atoms with Crippen LogP contribution in [-0.4, -0.2) is 0 Å². The molecule has 1 radical (unpaired) electrons. The lowest BCUT2D eigenvalue weighted by Crippen LogP contribution is -1.97. The summed E-state index contributed by atoms with van der Waals surface area (Å²) in [5.41, 5.74) is 2.31. The minimum atomic E-state index is -0.161. The highest BCUT2D eigenvalue weighted by atomic mass is 19.1. The Kier molecular flexibility index (Phi) is 2.40. The summed E-state index contributed by atoms with van der Waals surface area (Å²) >= 11 is 0. The first kappa shape index (κ1) is 9.45. The van der Waals surface area contributed by atoms with Crippen LogP contribution in [0.1, 0.15) is 36.8 Å². The second-order valence-corrected chi connectivity index (χ2v) is 3.89. The number of allylic oxidation sites excluding steroid dienone is 1. The molecular weight excluding hydrogens is 175 g/mol. The molecule has 0 heterocycles. The maximum absolute atomic E-state index is 13.1. The SMILES string of the molecule is C=C[C](C)c1cc(F)ccc1C1CC1. The first-order valence-corrected chi connectivity index (χ1v) is 4.98. The molecule has 1 saturated carbocycles. The van der Waals surface area contributed by atoms with E-state index in [9.17, 15) is 4.39 Å². The van der Waals surface area contributed by atoms with E-state index in [1.807, 2.05) is 13.0 Å². The molecule has 1 aliphatic carbocycles. The number of benzene rings is 1. The van der Waals surface area contributed by atoms with E-state index in [1.165, 1.54) is 18.4 Å². The molecule has 1 fully saturated rings. The van der Waals surface area contributed by atoms with E-state index >= 15 is 0 Å². The van der Waals surface area contributed by atoms with Crippen molar-refractivity contribution in [2.45, 2.75) is 25.7 Å². The molecule has 2 rings (SSSR count). The van der Waals surface area contributed by atoms with E-state index in [4.69, 9.17) is 0 Å². The monoisotopic (exact) mass is 189 g/mol. The second-order valence-electron chi connectivity index (χ2n) is 3.89. The largest absolute Gasteiger partial charge is 0.207 e. The van der Waals surface area contributed by atoms with Crippen LogP contribution in [0.25, 0.3) is 0 Å². The maximum atomic E-state index is 13.1. The van der Waals surface area contributed by atoms with E-state index in [2.05, 4.69) is 6.58 Å². The molecule has 0 amide bonds. The normalized spacial score (nSPS) is 15.9. The molecule has 0 unspecified atom stereocenters. The molecule has 0 bridgehead atoms. The van der Waals surface area contributed by atoms with Gasteiger partial charge in [-0.05, 0) is 42.0 Å². The highest BCUT2D eigenvalue weighted by Gasteiger charge is 2.27. The van der Waals surface area contributed by atoms with Gasteiger partial charge in [-0.25, -0.2) is 4.39 Å². The number of hydrogen-bond donors (Lipinski definition) is 0. The Morgan fingerprint density at radius 3 is 2.79 bits per heavy atom. The average molecular weight is 189 g/mol.